The second kappa shape index (κ2) is 3.57. The molecule has 0 aromatic heterocycles. The molecule has 0 N–H and O–H groups in total. The number of fused-ring (bicyclic) bond motifs is 2. The SMILES string of the molecule is CC1(C)CC2(OCCO2)[C@@]2(C)C[C@@H]3OC(=O)C[C@@]2(C1)O3. The maximum absolute atomic E-state index is 11.9. The number of esters is 1. The Labute approximate surface area is 118 Å². The van der Waals surface area contributed by atoms with Crippen LogP contribution in [0.5, 0.6) is 0 Å². The summed E-state index contributed by atoms with van der Waals surface area (Å²) in [5.41, 5.74) is -0.835. The van der Waals surface area contributed by atoms with Crippen molar-refractivity contribution in [2.75, 3.05) is 13.2 Å². The lowest BCUT2D eigenvalue weighted by molar-refractivity contribution is -0.320. The third-order valence-electron chi connectivity index (χ3n) is 5.70. The van der Waals surface area contributed by atoms with Crippen molar-refractivity contribution in [2.45, 2.75) is 64.1 Å². The van der Waals surface area contributed by atoms with E-state index in [0.717, 1.165) is 12.8 Å². The van der Waals surface area contributed by atoms with E-state index in [1.54, 1.807) is 0 Å². The average molecular weight is 282 g/mol. The first-order valence-electron chi connectivity index (χ1n) is 7.45. The van der Waals surface area contributed by atoms with E-state index in [0.29, 0.717) is 26.1 Å². The van der Waals surface area contributed by atoms with Crippen LogP contribution in [0.25, 0.3) is 0 Å². The zero-order valence-corrected chi connectivity index (χ0v) is 12.4. The van der Waals surface area contributed by atoms with E-state index in [1.165, 1.54) is 0 Å². The van der Waals surface area contributed by atoms with Gasteiger partial charge in [0.2, 0.25) is 6.29 Å². The van der Waals surface area contributed by atoms with Crippen LogP contribution in [0.15, 0.2) is 0 Å². The Morgan fingerprint density at radius 2 is 1.80 bits per heavy atom. The summed E-state index contributed by atoms with van der Waals surface area (Å²) in [4.78, 5) is 11.9. The summed E-state index contributed by atoms with van der Waals surface area (Å²) in [7, 11) is 0. The standard InChI is InChI=1S/C15H22O5/c1-12(2)8-14-6-10(16)19-11(20-14)7-13(14,3)15(9-12)17-4-5-18-15/h11H,4-9H2,1-3H3/t11-,13+,14+/m1/s1. The maximum Gasteiger partial charge on any atom is 0.311 e. The second-order valence-corrected chi connectivity index (χ2v) is 7.71. The molecule has 3 aliphatic heterocycles. The fourth-order valence-electron chi connectivity index (χ4n) is 5.00. The monoisotopic (exact) mass is 282 g/mol. The molecule has 3 saturated heterocycles. The molecular weight excluding hydrogens is 260 g/mol. The third-order valence-corrected chi connectivity index (χ3v) is 5.70. The van der Waals surface area contributed by atoms with Gasteiger partial charge in [0, 0.05) is 12.8 Å². The summed E-state index contributed by atoms with van der Waals surface area (Å²) in [6.45, 7) is 7.77. The van der Waals surface area contributed by atoms with E-state index in [1.807, 2.05) is 0 Å². The Bertz CT molecular complexity index is 467. The zero-order valence-electron chi connectivity index (χ0n) is 12.4. The third kappa shape index (κ3) is 1.41. The van der Waals surface area contributed by atoms with Crippen molar-refractivity contribution in [1.82, 2.24) is 0 Å². The van der Waals surface area contributed by atoms with E-state index in [2.05, 4.69) is 20.8 Å². The van der Waals surface area contributed by atoms with Gasteiger partial charge < -0.3 is 18.9 Å². The molecule has 0 aromatic rings. The molecule has 0 radical (unpaired) electrons. The van der Waals surface area contributed by atoms with Crippen molar-refractivity contribution in [3.05, 3.63) is 0 Å². The van der Waals surface area contributed by atoms with Crippen molar-refractivity contribution >= 4 is 5.97 Å². The lowest BCUT2D eigenvalue weighted by atomic mass is 9.53. The van der Waals surface area contributed by atoms with Crippen LogP contribution in [0.4, 0.5) is 0 Å². The van der Waals surface area contributed by atoms with Gasteiger partial charge in [-0.3, -0.25) is 4.79 Å². The molecule has 3 heterocycles. The molecule has 5 nitrogen and oxygen atoms in total. The molecule has 112 valence electrons. The molecule has 20 heavy (non-hydrogen) atoms. The largest absolute Gasteiger partial charge is 0.436 e. The number of rotatable bonds is 0. The highest BCUT2D eigenvalue weighted by atomic mass is 16.8. The minimum Gasteiger partial charge on any atom is -0.436 e. The number of carbonyl (C=O) groups is 1. The first kappa shape index (κ1) is 13.0. The van der Waals surface area contributed by atoms with Crippen molar-refractivity contribution in [2.24, 2.45) is 10.8 Å². The highest BCUT2D eigenvalue weighted by Crippen LogP contribution is 2.68. The highest BCUT2D eigenvalue weighted by molar-refractivity contribution is 5.72. The number of hydrogen-bond donors (Lipinski definition) is 0. The smallest absolute Gasteiger partial charge is 0.311 e. The minimum atomic E-state index is -0.641. The Morgan fingerprint density at radius 1 is 1.10 bits per heavy atom. The van der Waals surface area contributed by atoms with Gasteiger partial charge in [-0.2, -0.15) is 0 Å². The van der Waals surface area contributed by atoms with Crippen molar-refractivity contribution in [1.29, 1.82) is 0 Å². The quantitative estimate of drug-likeness (QED) is 0.636. The summed E-state index contributed by atoms with van der Waals surface area (Å²) in [6.07, 6.45) is 2.20. The zero-order chi connectivity index (χ0) is 14.2. The highest BCUT2D eigenvalue weighted by Gasteiger charge is 2.75. The van der Waals surface area contributed by atoms with Crippen molar-refractivity contribution < 1.29 is 23.7 Å². The normalized spacial score (nSPS) is 48.1. The van der Waals surface area contributed by atoms with Crippen LogP contribution in [0, 0.1) is 10.8 Å². The van der Waals surface area contributed by atoms with E-state index in [-0.39, 0.29) is 16.8 Å². The Balaban J connectivity index is 1.86. The number of carbonyl (C=O) groups excluding carboxylic acids is 1. The lowest BCUT2D eigenvalue weighted by Crippen LogP contribution is -2.65. The van der Waals surface area contributed by atoms with Crippen LogP contribution < -0.4 is 0 Å². The lowest BCUT2D eigenvalue weighted by Gasteiger charge is -2.59. The summed E-state index contributed by atoms with van der Waals surface area (Å²) in [6, 6.07) is 0. The van der Waals surface area contributed by atoms with E-state index < -0.39 is 17.7 Å². The maximum atomic E-state index is 11.9. The molecule has 1 aliphatic carbocycles. The van der Waals surface area contributed by atoms with Gasteiger partial charge in [0.1, 0.15) is 0 Å². The molecule has 2 spiro atoms. The Hall–Kier alpha value is -0.650. The predicted molar refractivity (Wildman–Crippen MR) is 68.7 cm³/mol. The molecule has 2 bridgehead atoms. The molecule has 0 unspecified atom stereocenters. The summed E-state index contributed by atoms with van der Waals surface area (Å²) in [5.74, 6) is -0.798. The van der Waals surface area contributed by atoms with Gasteiger partial charge in [0.05, 0.1) is 30.7 Å². The molecule has 4 rings (SSSR count). The molecule has 1 saturated carbocycles. The van der Waals surface area contributed by atoms with Gasteiger partial charge >= 0.3 is 5.97 Å². The summed E-state index contributed by atoms with van der Waals surface area (Å²) >= 11 is 0. The van der Waals surface area contributed by atoms with Crippen LogP contribution in [0.3, 0.4) is 0 Å². The van der Waals surface area contributed by atoms with Gasteiger partial charge in [-0.1, -0.05) is 20.8 Å². The van der Waals surface area contributed by atoms with Crippen molar-refractivity contribution in [3.8, 4) is 0 Å². The van der Waals surface area contributed by atoms with E-state index in [9.17, 15) is 4.79 Å². The second-order valence-electron chi connectivity index (χ2n) is 7.71. The molecule has 0 amide bonds. The Morgan fingerprint density at radius 3 is 2.50 bits per heavy atom. The van der Waals surface area contributed by atoms with Gasteiger partial charge in [-0.25, -0.2) is 0 Å². The number of hydrogen-bond acceptors (Lipinski definition) is 5. The van der Waals surface area contributed by atoms with Gasteiger partial charge in [-0.05, 0) is 11.8 Å². The minimum absolute atomic E-state index is 0.0103. The molecule has 4 fully saturated rings. The first-order chi connectivity index (χ1) is 9.30. The van der Waals surface area contributed by atoms with Crippen LogP contribution in [-0.2, 0) is 23.7 Å². The van der Waals surface area contributed by atoms with Crippen LogP contribution in [0.1, 0.15) is 46.5 Å². The van der Waals surface area contributed by atoms with Crippen LogP contribution in [-0.4, -0.2) is 36.9 Å². The van der Waals surface area contributed by atoms with Crippen LogP contribution in [0.2, 0.25) is 0 Å². The van der Waals surface area contributed by atoms with Gasteiger partial charge in [0.15, 0.2) is 5.79 Å². The fraction of sp³-hybridized carbons (Fsp3) is 0.933. The Kier molecular flexibility index (Phi) is 2.33. The van der Waals surface area contributed by atoms with Crippen LogP contribution >= 0.6 is 0 Å². The molecule has 0 aromatic carbocycles. The number of ether oxygens (including phenoxy) is 4. The molecule has 5 heteroatoms. The predicted octanol–water partition coefficient (Wildman–Crippen LogP) is 1.99. The van der Waals surface area contributed by atoms with E-state index >= 15 is 0 Å². The molecule has 3 atom stereocenters. The van der Waals surface area contributed by atoms with Gasteiger partial charge in [0.25, 0.3) is 0 Å². The summed E-state index contributed by atoms with van der Waals surface area (Å²) in [5, 5.41) is 0. The van der Waals surface area contributed by atoms with Gasteiger partial charge in [-0.15, -0.1) is 0 Å². The summed E-state index contributed by atoms with van der Waals surface area (Å²) < 4.78 is 23.7. The first-order valence-corrected chi connectivity index (χ1v) is 7.45. The topological polar surface area (TPSA) is 54.0 Å². The van der Waals surface area contributed by atoms with Crippen molar-refractivity contribution in [3.63, 3.8) is 0 Å². The fourth-order valence-corrected chi connectivity index (χ4v) is 5.00. The molecule has 4 aliphatic rings. The van der Waals surface area contributed by atoms with E-state index in [4.69, 9.17) is 18.9 Å². The average Bonchev–Trinajstić information content (AvgIpc) is 2.81. The molecular formula is C15H22O5.